The van der Waals surface area contributed by atoms with Crippen molar-refractivity contribution in [2.24, 2.45) is 5.16 Å². The predicted molar refractivity (Wildman–Crippen MR) is 108 cm³/mol. The lowest BCUT2D eigenvalue weighted by atomic mass is 10.1. The molecule has 0 aliphatic carbocycles. The summed E-state index contributed by atoms with van der Waals surface area (Å²) in [5.74, 6) is -0.221. The van der Waals surface area contributed by atoms with Crippen LogP contribution in [0.25, 0.3) is 16.6 Å². The number of para-hydroxylation sites is 1. The number of hydrogen-bond acceptors (Lipinski definition) is 3. The largest absolute Gasteiger partial charge is 0.486 e. The fourth-order valence-corrected chi connectivity index (χ4v) is 3.43. The highest BCUT2D eigenvalue weighted by atomic mass is 19.1. The second kappa shape index (κ2) is 7.56. The first-order valence-electron chi connectivity index (χ1n) is 8.93. The van der Waals surface area contributed by atoms with E-state index in [2.05, 4.69) is 5.16 Å². The molecule has 4 nitrogen and oxygen atoms in total. The van der Waals surface area contributed by atoms with E-state index in [9.17, 15) is 4.39 Å². The van der Waals surface area contributed by atoms with Crippen molar-refractivity contribution in [1.82, 2.24) is 4.57 Å². The van der Waals surface area contributed by atoms with Crippen molar-refractivity contribution in [3.8, 4) is 11.4 Å². The Hall–Kier alpha value is -3.60. The number of hydrogen-bond donors (Lipinski definition) is 1. The van der Waals surface area contributed by atoms with Crippen LogP contribution >= 0.6 is 0 Å². The highest BCUT2D eigenvalue weighted by Crippen LogP contribution is 2.30. The first kappa shape index (κ1) is 17.8. The Morgan fingerprint density at radius 3 is 2.54 bits per heavy atom. The molecule has 0 aliphatic rings. The number of benzene rings is 3. The minimum atomic E-state index is -0.428. The zero-order valence-corrected chi connectivity index (χ0v) is 15.3. The van der Waals surface area contributed by atoms with E-state index in [1.807, 2.05) is 72.2 Å². The van der Waals surface area contributed by atoms with Gasteiger partial charge in [-0.25, -0.2) is 4.39 Å². The van der Waals surface area contributed by atoms with Crippen LogP contribution in [0.15, 0.2) is 78.0 Å². The third-order valence-electron chi connectivity index (χ3n) is 4.76. The average molecular weight is 374 g/mol. The van der Waals surface area contributed by atoms with Gasteiger partial charge in [-0.2, -0.15) is 0 Å². The van der Waals surface area contributed by atoms with E-state index in [-0.39, 0.29) is 5.75 Å². The number of aromatic nitrogens is 1. The van der Waals surface area contributed by atoms with Crippen LogP contribution in [0.2, 0.25) is 0 Å². The van der Waals surface area contributed by atoms with Crippen molar-refractivity contribution < 1.29 is 14.3 Å². The molecule has 0 saturated carbocycles. The van der Waals surface area contributed by atoms with Crippen LogP contribution in [0.1, 0.15) is 16.8 Å². The Kier molecular flexibility index (Phi) is 4.81. The lowest BCUT2D eigenvalue weighted by molar-refractivity contribution is 0.290. The predicted octanol–water partition coefficient (Wildman–Crippen LogP) is 5.47. The van der Waals surface area contributed by atoms with Gasteiger partial charge in [0.1, 0.15) is 6.61 Å². The molecule has 0 amide bonds. The summed E-state index contributed by atoms with van der Waals surface area (Å²) >= 11 is 0. The zero-order chi connectivity index (χ0) is 19.5. The van der Waals surface area contributed by atoms with Crippen LogP contribution in [0.5, 0.6) is 5.75 Å². The molecule has 140 valence electrons. The molecule has 4 aromatic rings. The normalized spacial score (nSPS) is 11.4. The maximum absolute atomic E-state index is 14.7. The molecule has 4 rings (SSSR count). The summed E-state index contributed by atoms with van der Waals surface area (Å²) in [6.07, 6.45) is 1.40. The van der Waals surface area contributed by atoms with Gasteiger partial charge < -0.3 is 14.5 Å². The number of oxime groups is 1. The van der Waals surface area contributed by atoms with E-state index in [0.29, 0.717) is 12.3 Å². The van der Waals surface area contributed by atoms with Gasteiger partial charge in [0.05, 0.1) is 11.7 Å². The Morgan fingerprint density at radius 1 is 1.04 bits per heavy atom. The van der Waals surface area contributed by atoms with E-state index in [4.69, 9.17) is 9.94 Å². The maximum Gasteiger partial charge on any atom is 0.167 e. The molecule has 0 radical (unpaired) electrons. The standard InChI is InChI=1S/C23H19FN2O2/c1-16-20(14-25-27)19-9-5-6-10-22(19)26(16)18-11-12-23(21(24)13-18)28-15-17-7-3-2-4-8-17/h2-14,27H,15H2,1H3/b25-14+. The number of ether oxygens (including phenoxy) is 1. The summed E-state index contributed by atoms with van der Waals surface area (Å²) in [5, 5.41) is 13.1. The minimum absolute atomic E-state index is 0.207. The molecule has 28 heavy (non-hydrogen) atoms. The Bertz CT molecular complexity index is 1150. The molecule has 0 fully saturated rings. The lowest BCUT2D eigenvalue weighted by Crippen LogP contribution is -2.01. The van der Waals surface area contributed by atoms with Crippen LogP contribution in [-0.2, 0) is 6.61 Å². The number of fused-ring (bicyclic) bond motifs is 1. The first-order chi connectivity index (χ1) is 13.7. The third-order valence-corrected chi connectivity index (χ3v) is 4.76. The fraction of sp³-hybridized carbons (Fsp3) is 0.0870. The maximum atomic E-state index is 14.7. The van der Waals surface area contributed by atoms with Crippen LogP contribution in [0.4, 0.5) is 4.39 Å². The number of rotatable bonds is 5. The average Bonchev–Trinajstić information content (AvgIpc) is 3.00. The van der Waals surface area contributed by atoms with Gasteiger partial charge in [0.25, 0.3) is 0 Å². The Balaban J connectivity index is 1.71. The molecule has 0 spiro atoms. The van der Waals surface area contributed by atoms with E-state index in [1.165, 1.54) is 12.3 Å². The molecule has 5 heteroatoms. The number of halogens is 1. The lowest BCUT2D eigenvalue weighted by Gasteiger charge is -2.12. The summed E-state index contributed by atoms with van der Waals surface area (Å²) in [6, 6.07) is 22.3. The molecule has 0 unspecified atom stereocenters. The van der Waals surface area contributed by atoms with Crippen molar-refractivity contribution in [3.63, 3.8) is 0 Å². The SMILES string of the molecule is Cc1c(/C=N/O)c2ccccc2n1-c1ccc(OCc2ccccc2)c(F)c1. The Labute approximate surface area is 162 Å². The van der Waals surface area contributed by atoms with Crippen LogP contribution < -0.4 is 4.74 Å². The van der Waals surface area contributed by atoms with Crippen molar-refractivity contribution in [3.05, 3.63) is 95.4 Å². The van der Waals surface area contributed by atoms with Gasteiger partial charge >= 0.3 is 0 Å². The third kappa shape index (κ3) is 3.22. The Morgan fingerprint density at radius 2 is 1.79 bits per heavy atom. The molecule has 1 N–H and O–H groups in total. The van der Waals surface area contributed by atoms with Gasteiger partial charge in [-0.3, -0.25) is 0 Å². The molecule has 0 saturated heterocycles. The highest BCUT2D eigenvalue weighted by Gasteiger charge is 2.15. The fourth-order valence-electron chi connectivity index (χ4n) is 3.43. The van der Waals surface area contributed by atoms with Gasteiger partial charge in [0.15, 0.2) is 11.6 Å². The van der Waals surface area contributed by atoms with Gasteiger partial charge in [-0.1, -0.05) is 53.7 Å². The van der Waals surface area contributed by atoms with Crippen molar-refractivity contribution in [2.75, 3.05) is 0 Å². The van der Waals surface area contributed by atoms with Crippen LogP contribution in [0, 0.1) is 12.7 Å². The summed E-state index contributed by atoms with van der Waals surface area (Å²) < 4.78 is 22.3. The molecule has 1 aromatic heterocycles. The monoisotopic (exact) mass is 374 g/mol. The molecule has 1 heterocycles. The molecule has 3 aromatic carbocycles. The van der Waals surface area contributed by atoms with Crippen molar-refractivity contribution in [1.29, 1.82) is 0 Å². The number of nitrogens with zero attached hydrogens (tertiary/aromatic N) is 2. The smallest absolute Gasteiger partial charge is 0.167 e. The molecule has 0 bridgehead atoms. The van der Waals surface area contributed by atoms with Crippen LogP contribution in [0.3, 0.4) is 0 Å². The topological polar surface area (TPSA) is 46.8 Å². The van der Waals surface area contributed by atoms with Crippen LogP contribution in [-0.4, -0.2) is 16.0 Å². The first-order valence-corrected chi connectivity index (χ1v) is 8.93. The summed E-state index contributed by atoms with van der Waals surface area (Å²) in [4.78, 5) is 0. The summed E-state index contributed by atoms with van der Waals surface area (Å²) in [5.41, 5.74) is 4.22. The molecular formula is C23H19FN2O2. The molecule has 0 atom stereocenters. The summed E-state index contributed by atoms with van der Waals surface area (Å²) in [6.45, 7) is 2.22. The quantitative estimate of drug-likeness (QED) is 0.286. The van der Waals surface area contributed by atoms with Crippen molar-refractivity contribution >= 4 is 17.1 Å². The van der Waals surface area contributed by atoms with E-state index < -0.39 is 5.82 Å². The second-order valence-electron chi connectivity index (χ2n) is 6.49. The molecule has 0 aliphatic heterocycles. The highest BCUT2D eigenvalue weighted by molar-refractivity contribution is 6.01. The van der Waals surface area contributed by atoms with Gasteiger partial charge in [0.2, 0.25) is 0 Å². The van der Waals surface area contributed by atoms with E-state index in [0.717, 1.165) is 27.7 Å². The van der Waals surface area contributed by atoms with Gasteiger partial charge in [0, 0.05) is 28.4 Å². The second-order valence-corrected chi connectivity index (χ2v) is 6.49. The van der Waals surface area contributed by atoms with E-state index in [1.54, 1.807) is 6.07 Å². The van der Waals surface area contributed by atoms with Gasteiger partial charge in [-0.15, -0.1) is 0 Å². The van der Waals surface area contributed by atoms with Gasteiger partial charge in [-0.05, 0) is 30.7 Å². The van der Waals surface area contributed by atoms with E-state index >= 15 is 0 Å². The zero-order valence-electron chi connectivity index (χ0n) is 15.3. The van der Waals surface area contributed by atoms with Crippen molar-refractivity contribution in [2.45, 2.75) is 13.5 Å². The minimum Gasteiger partial charge on any atom is -0.486 e. The molecular weight excluding hydrogens is 355 g/mol. The summed E-state index contributed by atoms with van der Waals surface area (Å²) in [7, 11) is 0.